The molecule has 7 heteroatoms. The smallest absolute Gasteiger partial charge is 0.295 e. The van der Waals surface area contributed by atoms with Gasteiger partial charge in [-0.15, -0.1) is 0 Å². The lowest BCUT2D eigenvalue weighted by Gasteiger charge is -2.08. The fraction of sp³-hybridized carbons (Fsp3) is 0.214. The summed E-state index contributed by atoms with van der Waals surface area (Å²) < 4.78 is 15.5. The number of rotatable bonds is 4. The Kier molecular flexibility index (Phi) is 3.89. The van der Waals surface area contributed by atoms with Crippen LogP contribution in [0.3, 0.4) is 0 Å². The summed E-state index contributed by atoms with van der Waals surface area (Å²) in [6, 6.07) is 7.42. The number of anilines is 1. The van der Waals surface area contributed by atoms with E-state index in [1.807, 2.05) is 13.0 Å². The number of nitro benzene ring substituents is 1. The summed E-state index contributed by atoms with van der Waals surface area (Å²) in [6.07, 6.45) is 0. The molecule has 1 aromatic heterocycles. The largest absolute Gasteiger partial charge is 0.373 e. The van der Waals surface area contributed by atoms with E-state index in [4.69, 9.17) is 5.26 Å². The summed E-state index contributed by atoms with van der Waals surface area (Å²) in [5, 5.41) is 22.6. The van der Waals surface area contributed by atoms with Crippen LogP contribution in [-0.4, -0.2) is 9.49 Å². The maximum absolute atomic E-state index is 13.7. The van der Waals surface area contributed by atoms with Gasteiger partial charge in [-0.25, -0.2) is 4.39 Å². The first kappa shape index (κ1) is 14.5. The van der Waals surface area contributed by atoms with Crippen molar-refractivity contribution in [3.63, 3.8) is 0 Å². The number of halogens is 1. The molecule has 0 amide bonds. The van der Waals surface area contributed by atoms with Gasteiger partial charge in [-0.3, -0.25) is 10.1 Å². The molecule has 0 saturated heterocycles. The summed E-state index contributed by atoms with van der Waals surface area (Å²) >= 11 is 0. The van der Waals surface area contributed by atoms with E-state index in [0.717, 1.165) is 17.3 Å². The van der Waals surface area contributed by atoms with E-state index in [9.17, 15) is 14.5 Å². The van der Waals surface area contributed by atoms with Crippen LogP contribution in [0.1, 0.15) is 17.0 Å². The number of hydrogen-bond acceptors (Lipinski definition) is 4. The zero-order valence-electron chi connectivity index (χ0n) is 11.6. The Morgan fingerprint density at radius 3 is 2.81 bits per heavy atom. The van der Waals surface area contributed by atoms with Gasteiger partial charge in [-0.05, 0) is 24.6 Å². The van der Waals surface area contributed by atoms with Gasteiger partial charge in [0.25, 0.3) is 5.69 Å². The Bertz CT molecular complexity index is 746. The summed E-state index contributed by atoms with van der Waals surface area (Å²) in [7, 11) is 1.75. The molecule has 2 aromatic rings. The van der Waals surface area contributed by atoms with Crippen molar-refractivity contribution in [3.05, 3.63) is 57.1 Å². The van der Waals surface area contributed by atoms with Gasteiger partial charge in [0, 0.05) is 25.4 Å². The highest BCUT2D eigenvalue weighted by molar-refractivity contribution is 5.62. The van der Waals surface area contributed by atoms with Crippen LogP contribution < -0.4 is 5.32 Å². The lowest BCUT2D eigenvalue weighted by atomic mass is 10.2. The molecule has 0 aliphatic heterocycles. The van der Waals surface area contributed by atoms with E-state index >= 15 is 0 Å². The molecule has 0 fully saturated rings. The number of nitriles is 1. The highest BCUT2D eigenvalue weighted by atomic mass is 19.1. The molecule has 0 saturated carbocycles. The van der Waals surface area contributed by atoms with Gasteiger partial charge in [-0.1, -0.05) is 6.07 Å². The fourth-order valence-corrected chi connectivity index (χ4v) is 2.07. The van der Waals surface area contributed by atoms with E-state index in [0.29, 0.717) is 5.69 Å². The minimum atomic E-state index is -0.682. The van der Waals surface area contributed by atoms with Crippen LogP contribution in [0.15, 0.2) is 24.3 Å². The number of nitrogens with one attached hydrogen (secondary N) is 1. The van der Waals surface area contributed by atoms with Gasteiger partial charge < -0.3 is 9.88 Å². The molecular weight excluding hydrogens is 275 g/mol. The van der Waals surface area contributed by atoms with E-state index in [2.05, 4.69) is 5.32 Å². The molecule has 108 valence electrons. The fourth-order valence-electron chi connectivity index (χ4n) is 2.07. The minimum absolute atomic E-state index is 0.149. The van der Waals surface area contributed by atoms with Gasteiger partial charge >= 0.3 is 0 Å². The van der Waals surface area contributed by atoms with Gasteiger partial charge in [0.05, 0.1) is 4.92 Å². The monoisotopic (exact) mass is 288 g/mol. The topological polar surface area (TPSA) is 83.9 Å². The van der Waals surface area contributed by atoms with E-state index in [1.54, 1.807) is 17.7 Å². The second kappa shape index (κ2) is 5.63. The van der Waals surface area contributed by atoms with Crippen LogP contribution in [0.2, 0.25) is 0 Å². The highest BCUT2D eigenvalue weighted by Gasteiger charge is 2.18. The number of para-hydroxylation sites is 1. The number of hydrogen-bond donors (Lipinski definition) is 1. The van der Waals surface area contributed by atoms with Gasteiger partial charge in [0.15, 0.2) is 5.82 Å². The Morgan fingerprint density at radius 2 is 2.24 bits per heavy atom. The third kappa shape index (κ3) is 2.69. The zero-order chi connectivity index (χ0) is 15.6. The molecule has 0 atom stereocenters. The molecule has 1 N–H and O–H groups in total. The first-order chi connectivity index (χ1) is 9.95. The molecule has 0 aliphatic carbocycles. The van der Waals surface area contributed by atoms with Crippen molar-refractivity contribution in [1.82, 2.24) is 4.57 Å². The normalized spacial score (nSPS) is 10.2. The van der Waals surface area contributed by atoms with Gasteiger partial charge in [-0.2, -0.15) is 5.26 Å². The number of benzene rings is 1. The molecule has 0 unspecified atom stereocenters. The molecular formula is C14H13FN4O2. The molecule has 0 aliphatic rings. The molecule has 0 bridgehead atoms. The van der Waals surface area contributed by atoms with Crippen molar-refractivity contribution in [2.75, 3.05) is 5.32 Å². The molecule has 0 spiro atoms. The lowest BCUT2D eigenvalue weighted by molar-refractivity contribution is -0.384. The average molecular weight is 288 g/mol. The summed E-state index contributed by atoms with van der Waals surface area (Å²) in [5.41, 5.74) is 1.64. The van der Waals surface area contributed by atoms with Crippen LogP contribution >= 0.6 is 0 Å². The average Bonchev–Trinajstić information content (AvgIpc) is 2.73. The van der Waals surface area contributed by atoms with E-state index in [-0.39, 0.29) is 17.9 Å². The van der Waals surface area contributed by atoms with Crippen LogP contribution in [0.4, 0.5) is 15.8 Å². The number of aromatic nitrogens is 1. The third-order valence-electron chi connectivity index (χ3n) is 3.40. The predicted molar refractivity (Wildman–Crippen MR) is 75.2 cm³/mol. The molecule has 21 heavy (non-hydrogen) atoms. The first-order valence-electron chi connectivity index (χ1n) is 6.17. The maximum Gasteiger partial charge on any atom is 0.295 e. The first-order valence-corrected chi connectivity index (χ1v) is 6.17. The lowest BCUT2D eigenvalue weighted by Crippen LogP contribution is -2.05. The van der Waals surface area contributed by atoms with Crippen molar-refractivity contribution in [1.29, 1.82) is 5.26 Å². The Hall–Kier alpha value is -2.88. The Morgan fingerprint density at radius 1 is 1.52 bits per heavy atom. The second-order valence-corrected chi connectivity index (χ2v) is 4.56. The molecule has 0 radical (unpaired) electrons. The molecule has 2 rings (SSSR count). The number of nitrogens with zero attached hydrogens (tertiary/aromatic N) is 3. The Labute approximate surface area is 120 Å². The number of nitro groups is 1. The summed E-state index contributed by atoms with van der Waals surface area (Å²) in [5.74, 6) is -0.682. The molecule has 1 heterocycles. The van der Waals surface area contributed by atoms with Crippen LogP contribution in [-0.2, 0) is 13.6 Å². The Balaban J connectivity index is 2.29. The van der Waals surface area contributed by atoms with Crippen LogP contribution in [0, 0.1) is 34.2 Å². The van der Waals surface area contributed by atoms with Crippen molar-refractivity contribution >= 4 is 11.4 Å². The van der Waals surface area contributed by atoms with Crippen LogP contribution in [0.25, 0.3) is 0 Å². The highest BCUT2D eigenvalue weighted by Crippen LogP contribution is 2.28. The van der Waals surface area contributed by atoms with Gasteiger partial charge in [0.2, 0.25) is 0 Å². The molecule has 6 nitrogen and oxygen atoms in total. The predicted octanol–water partition coefficient (Wildman–Crippen LogP) is 2.86. The van der Waals surface area contributed by atoms with E-state index < -0.39 is 10.7 Å². The van der Waals surface area contributed by atoms with Crippen molar-refractivity contribution in [3.8, 4) is 6.07 Å². The van der Waals surface area contributed by atoms with Crippen molar-refractivity contribution < 1.29 is 9.31 Å². The standard InChI is InChI=1S/C14H13FN4O2/c1-9-10(6-11(7-16)18(9)2)8-17-14-12(15)4-3-5-13(14)19(20)21/h3-6,17H,8H2,1-2H3. The third-order valence-corrected chi connectivity index (χ3v) is 3.40. The summed E-state index contributed by atoms with van der Waals surface area (Å²) in [4.78, 5) is 10.3. The second-order valence-electron chi connectivity index (χ2n) is 4.56. The van der Waals surface area contributed by atoms with Crippen molar-refractivity contribution in [2.24, 2.45) is 7.05 Å². The van der Waals surface area contributed by atoms with Gasteiger partial charge in [0.1, 0.15) is 17.5 Å². The molecule has 1 aromatic carbocycles. The quantitative estimate of drug-likeness (QED) is 0.692. The summed E-state index contributed by atoms with van der Waals surface area (Å²) in [6.45, 7) is 2.02. The van der Waals surface area contributed by atoms with Crippen molar-refractivity contribution in [2.45, 2.75) is 13.5 Å². The maximum atomic E-state index is 13.7. The minimum Gasteiger partial charge on any atom is -0.373 e. The zero-order valence-corrected chi connectivity index (χ0v) is 11.6. The van der Waals surface area contributed by atoms with Crippen LogP contribution in [0.5, 0.6) is 0 Å². The van der Waals surface area contributed by atoms with E-state index in [1.165, 1.54) is 12.1 Å². The SMILES string of the molecule is Cc1c(CNc2c(F)cccc2[N+](=O)[O-])cc(C#N)n1C.